The molecule has 1 aliphatic rings. The van der Waals surface area contributed by atoms with E-state index in [2.05, 4.69) is 25.8 Å². The zero-order valence-electron chi connectivity index (χ0n) is 5.69. The summed E-state index contributed by atoms with van der Waals surface area (Å²) in [4.78, 5) is 10.8. The maximum atomic E-state index is 10.8. The van der Waals surface area contributed by atoms with Crippen LogP contribution in [0.5, 0.6) is 0 Å². The van der Waals surface area contributed by atoms with E-state index in [0.29, 0.717) is 12.5 Å². The van der Waals surface area contributed by atoms with E-state index in [9.17, 15) is 4.79 Å². The van der Waals surface area contributed by atoms with E-state index in [1.807, 2.05) is 0 Å². The van der Waals surface area contributed by atoms with Crippen molar-refractivity contribution >= 4 is 22.1 Å². The van der Waals surface area contributed by atoms with Crippen LogP contribution in [0, 0.1) is 0 Å². The summed E-state index contributed by atoms with van der Waals surface area (Å²) in [5.74, 6) is 0.0550. The zero-order valence-corrected chi connectivity index (χ0v) is 7.28. The highest BCUT2D eigenvalue weighted by Crippen LogP contribution is 2.08. The van der Waals surface area contributed by atoms with E-state index in [4.69, 9.17) is 0 Å². The fourth-order valence-electron chi connectivity index (χ4n) is 1.19. The molecule has 0 saturated carbocycles. The van der Waals surface area contributed by atoms with Gasteiger partial charge in [-0.1, -0.05) is 0 Å². The smallest absolute Gasteiger partial charge is 0.231 e. The van der Waals surface area contributed by atoms with E-state index in [0.717, 1.165) is 13.0 Å². The lowest BCUT2D eigenvalue weighted by Gasteiger charge is -2.06. The minimum Gasteiger partial charge on any atom is -0.313 e. The first-order valence-corrected chi connectivity index (χ1v) is 4.25. The second kappa shape index (κ2) is 3.93. The third kappa shape index (κ3) is 2.27. The molecule has 1 aliphatic heterocycles. The van der Waals surface area contributed by atoms with Crippen molar-refractivity contribution in [1.82, 2.24) is 9.66 Å². The fourth-order valence-corrected chi connectivity index (χ4v) is 1.36. The molecule has 0 aromatic rings. The van der Waals surface area contributed by atoms with Crippen molar-refractivity contribution < 1.29 is 4.79 Å². The number of carbonyl (C=O) groups excluding carboxylic acids is 1. The monoisotopic (exact) mass is 206 g/mol. The number of halogens is 1. The van der Waals surface area contributed by atoms with Crippen molar-refractivity contribution in [2.75, 3.05) is 6.54 Å². The second-order valence-electron chi connectivity index (χ2n) is 2.52. The lowest BCUT2D eigenvalue weighted by atomic mass is 10.1. The molecule has 0 aliphatic carbocycles. The van der Waals surface area contributed by atoms with Crippen molar-refractivity contribution in [3.63, 3.8) is 0 Å². The Morgan fingerprint density at radius 1 is 1.80 bits per heavy atom. The van der Waals surface area contributed by atoms with Gasteiger partial charge in [0.2, 0.25) is 5.91 Å². The largest absolute Gasteiger partial charge is 0.313 e. The molecule has 0 spiro atoms. The minimum absolute atomic E-state index is 0.0550. The van der Waals surface area contributed by atoms with Crippen LogP contribution < -0.4 is 9.66 Å². The van der Waals surface area contributed by atoms with Gasteiger partial charge < -0.3 is 5.32 Å². The summed E-state index contributed by atoms with van der Waals surface area (Å²) in [5, 5.41) is 3.24. The minimum atomic E-state index is 0.0550. The van der Waals surface area contributed by atoms with Crippen LogP contribution in [0.3, 0.4) is 0 Å². The Hall–Kier alpha value is -0.0900. The first-order chi connectivity index (χ1) is 4.83. The van der Waals surface area contributed by atoms with Gasteiger partial charge in [0.1, 0.15) is 0 Å². The van der Waals surface area contributed by atoms with Crippen molar-refractivity contribution in [3.05, 3.63) is 0 Å². The number of nitrogens with one attached hydrogen (secondary N) is 2. The van der Waals surface area contributed by atoms with Gasteiger partial charge in [-0.25, -0.2) is 0 Å². The van der Waals surface area contributed by atoms with E-state index in [1.54, 1.807) is 0 Å². The SMILES string of the molecule is O=C(CC1CCCN1)NBr. The molecule has 0 radical (unpaired) electrons. The standard InChI is InChI=1S/C6H11BrN2O/c7-9-6(10)4-5-2-1-3-8-5/h5,8H,1-4H2,(H,9,10). The molecule has 0 aromatic carbocycles. The van der Waals surface area contributed by atoms with Crippen LogP contribution in [0.25, 0.3) is 0 Å². The lowest BCUT2D eigenvalue weighted by molar-refractivity contribution is -0.119. The molecule has 1 saturated heterocycles. The topological polar surface area (TPSA) is 41.1 Å². The maximum absolute atomic E-state index is 10.8. The molecule has 10 heavy (non-hydrogen) atoms. The Morgan fingerprint density at radius 3 is 3.10 bits per heavy atom. The maximum Gasteiger partial charge on any atom is 0.231 e. The molecule has 1 amide bonds. The van der Waals surface area contributed by atoms with Gasteiger partial charge >= 0.3 is 0 Å². The number of amides is 1. The van der Waals surface area contributed by atoms with Gasteiger partial charge in [0.05, 0.1) is 0 Å². The summed E-state index contributed by atoms with van der Waals surface area (Å²) in [6, 6.07) is 0.401. The van der Waals surface area contributed by atoms with Gasteiger partial charge in [-0.05, 0) is 19.4 Å². The summed E-state index contributed by atoms with van der Waals surface area (Å²) in [7, 11) is 0. The summed E-state index contributed by atoms with van der Waals surface area (Å²) >= 11 is 2.89. The normalized spacial score (nSPS) is 24.7. The lowest BCUT2D eigenvalue weighted by Crippen LogP contribution is -2.27. The highest BCUT2D eigenvalue weighted by Gasteiger charge is 2.16. The Morgan fingerprint density at radius 2 is 2.60 bits per heavy atom. The quantitative estimate of drug-likeness (QED) is 0.649. The highest BCUT2D eigenvalue weighted by molar-refractivity contribution is 9.08. The van der Waals surface area contributed by atoms with E-state index >= 15 is 0 Å². The predicted octanol–water partition coefficient (Wildman–Crippen LogP) is 0.555. The van der Waals surface area contributed by atoms with Crippen LogP contribution in [-0.2, 0) is 4.79 Å². The molecule has 4 heteroatoms. The first-order valence-electron chi connectivity index (χ1n) is 3.46. The van der Waals surface area contributed by atoms with Crippen LogP contribution in [-0.4, -0.2) is 18.5 Å². The van der Waals surface area contributed by atoms with Crippen molar-refractivity contribution in [2.24, 2.45) is 0 Å². The fraction of sp³-hybridized carbons (Fsp3) is 0.833. The van der Waals surface area contributed by atoms with Crippen molar-refractivity contribution in [3.8, 4) is 0 Å². The molecule has 58 valence electrons. The second-order valence-corrected chi connectivity index (χ2v) is 2.91. The van der Waals surface area contributed by atoms with Gasteiger partial charge in [0, 0.05) is 28.6 Å². The molecular formula is C6H11BrN2O. The molecule has 1 unspecified atom stereocenters. The Labute approximate surface area is 68.9 Å². The number of rotatable bonds is 2. The molecule has 3 nitrogen and oxygen atoms in total. The number of carbonyl (C=O) groups is 1. The van der Waals surface area contributed by atoms with Crippen molar-refractivity contribution in [1.29, 1.82) is 0 Å². The summed E-state index contributed by atoms with van der Waals surface area (Å²) in [6.45, 7) is 1.06. The van der Waals surface area contributed by atoms with Gasteiger partial charge in [-0.15, -0.1) is 0 Å². The average molecular weight is 207 g/mol. The first kappa shape index (κ1) is 8.01. The molecule has 0 aromatic heterocycles. The molecular weight excluding hydrogens is 196 g/mol. The summed E-state index contributed by atoms with van der Waals surface area (Å²) in [6.07, 6.45) is 2.91. The molecule has 0 bridgehead atoms. The van der Waals surface area contributed by atoms with Crippen LogP contribution in [0.15, 0.2) is 0 Å². The highest BCUT2D eigenvalue weighted by atomic mass is 79.9. The van der Waals surface area contributed by atoms with Crippen LogP contribution in [0.1, 0.15) is 19.3 Å². The zero-order chi connectivity index (χ0) is 7.40. The Kier molecular flexibility index (Phi) is 3.15. The Balaban J connectivity index is 2.17. The van der Waals surface area contributed by atoms with Crippen LogP contribution in [0.2, 0.25) is 0 Å². The molecule has 1 atom stereocenters. The predicted molar refractivity (Wildman–Crippen MR) is 42.7 cm³/mol. The van der Waals surface area contributed by atoms with Crippen LogP contribution in [0.4, 0.5) is 0 Å². The van der Waals surface area contributed by atoms with E-state index < -0.39 is 0 Å². The van der Waals surface area contributed by atoms with Gasteiger partial charge in [-0.2, -0.15) is 0 Å². The molecule has 1 rings (SSSR count). The third-order valence-electron chi connectivity index (χ3n) is 1.70. The number of hydrogen-bond acceptors (Lipinski definition) is 2. The third-order valence-corrected chi connectivity index (χ3v) is 2.14. The number of hydrogen-bond donors (Lipinski definition) is 2. The van der Waals surface area contributed by atoms with E-state index in [1.165, 1.54) is 6.42 Å². The van der Waals surface area contributed by atoms with Crippen LogP contribution >= 0.6 is 16.1 Å². The molecule has 2 N–H and O–H groups in total. The van der Waals surface area contributed by atoms with Gasteiger partial charge in [0.15, 0.2) is 0 Å². The average Bonchev–Trinajstić information content (AvgIpc) is 2.40. The molecule has 1 heterocycles. The summed E-state index contributed by atoms with van der Waals surface area (Å²) in [5.41, 5.74) is 0. The Bertz CT molecular complexity index is 123. The van der Waals surface area contributed by atoms with Crippen molar-refractivity contribution in [2.45, 2.75) is 25.3 Å². The van der Waals surface area contributed by atoms with Gasteiger partial charge in [0.25, 0.3) is 0 Å². The summed E-state index contributed by atoms with van der Waals surface area (Å²) < 4.78 is 2.43. The van der Waals surface area contributed by atoms with E-state index in [-0.39, 0.29) is 5.91 Å². The molecule has 1 fully saturated rings. The van der Waals surface area contributed by atoms with Gasteiger partial charge in [-0.3, -0.25) is 9.14 Å².